The maximum absolute atomic E-state index is 13.4. The molecule has 0 aliphatic heterocycles. The SMILES string of the molecule is Nc1noc(-c2ccc([N+](=O)[O-])s2)c1-c1cccc(F)c1. The molecule has 0 radical (unpaired) electrons. The summed E-state index contributed by atoms with van der Waals surface area (Å²) in [5.74, 6) is -0.0286. The third kappa shape index (κ3) is 2.36. The topological polar surface area (TPSA) is 95.2 Å². The van der Waals surface area contributed by atoms with Gasteiger partial charge in [-0.05, 0) is 23.8 Å². The van der Waals surface area contributed by atoms with E-state index in [1.165, 1.54) is 24.3 Å². The van der Waals surface area contributed by atoms with Crippen molar-refractivity contribution in [3.05, 3.63) is 52.3 Å². The van der Waals surface area contributed by atoms with Gasteiger partial charge in [0.2, 0.25) is 0 Å². The average Bonchev–Trinajstić information content (AvgIpc) is 3.05. The van der Waals surface area contributed by atoms with Gasteiger partial charge in [-0.15, -0.1) is 0 Å². The zero-order chi connectivity index (χ0) is 15.0. The molecule has 0 spiro atoms. The van der Waals surface area contributed by atoms with E-state index >= 15 is 0 Å². The highest BCUT2D eigenvalue weighted by Crippen LogP contribution is 2.41. The van der Waals surface area contributed by atoms with Crippen molar-refractivity contribution in [2.75, 3.05) is 5.73 Å². The van der Waals surface area contributed by atoms with Crippen LogP contribution in [0.2, 0.25) is 0 Å². The third-order valence-electron chi connectivity index (χ3n) is 2.83. The quantitative estimate of drug-likeness (QED) is 0.588. The Bertz CT molecular complexity index is 828. The molecule has 0 bridgehead atoms. The minimum Gasteiger partial charge on any atom is -0.380 e. The minimum atomic E-state index is -0.490. The zero-order valence-corrected chi connectivity index (χ0v) is 11.3. The van der Waals surface area contributed by atoms with E-state index in [9.17, 15) is 14.5 Å². The van der Waals surface area contributed by atoms with E-state index in [4.69, 9.17) is 10.3 Å². The number of hydrogen-bond acceptors (Lipinski definition) is 6. The van der Waals surface area contributed by atoms with Gasteiger partial charge in [0.15, 0.2) is 11.6 Å². The summed E-state index contributed by atoms with van der Waals surface area (Å²) in [6.07, 6.45) is 0. The molecule has 21 heavy (non-hydrogen) atoms. The molecule has 2 aromatic heterocycles. The van der Waals surface area contributed by atoms with E-state index in [0.717, 1.165) is 11.3 Å². The highest BCUT2D eigenvalue weighted by atomic mass is 32.1. The molecule has 0 atom stereocenters. The van der Waals surface area contributed by atoms with Gasteiger partial charge in [-0.3, -0.25) is 10.1 Å². The fourth-order valence-corrected chi connectivity index (χ4v) is 2.75. The lowest BCUT2D eigenvalue weighted by atomic mass is 10.1. The summed E-state index contributed by atoms with van der Waals surface area (Å²) in [6.45, 7) is 0. The Morgan fingerprint density at radius 1 is 1.33 bits per heavy atom. The van der Waals surface area contributed by atoms with Crippen LogP contribution in [0.4, 0.5) is 15.2 Å². The Morgan fingerprint density at radius 3 is 2.81 bits per heavy atom. The van der Waals surface area contributed by atoms with Gasteiger partial charge in [-0.2, -0.15) is 0 Å². The van der Waals surface area contributed by atoms with Gasteiger partial charge in [0.05, 0.1) is 15.4 Å². The number of aromatic nitrogens is 1. The van der Waals surface area contributed by atoms with Gasteiger partial charge < -0.3 is 10.3 Å². The maximum Gasteiger partial charge on any atom is 0.324 e. The van der Waals surface area contributed by atoms with Crippen LogP contribution < -0.4 is 5.73 Å². The van der Waals surface area contributed by atoms with E-state index < -0.39 is 10.7 Å². The number of nitro groups is 1. The van der Waals surface area contributed by atoms with Crippen LogP contribution in [-0.2, 0) is 0 Å². The molecule has 0 fully saturated rings. The van der Waals surface area contributed by atoms with Crippen molar-refractivity contribution in [3.63, 3.8) is 0 Å². The lowest BCUT2D eigenvalue weighted by Crippen LogP contribution is -1.89. The summed E-state index contributed by atoms with van der Waals surface area (Å²) in [6, 6.07) is 8.73. The molecule has 3 aromatic rings. The van der Waals surface area contributed by atoms with Crippen LogP contribution in [0.5, 0.6) is 0 Å². The van der Waals surface area contributed by atoms with Crippen LogP contribution in [0.1, 0.15) is 0 Å². The summed E-state index contributed by atoms with van der Waals surface area (Å²) in [7, 11) is 0. The number of benzene rings is 1. The molecular weight excluding hydrogens is 297 g/mol. The molecule has 2 heterocycles. The second kappa shape index (κ2) is 4.98. The Labute approximate surface area is 121 Å². The first-order valence-corrected chi connectivity index (χ1v) is 6.63. The summed E-state index contributed by atoms with van der Waals surface area (Å²) in [5, 5.41) is 14.4. The molecule has 0 aliphatic carbocycles. The van der Waals surface area contributed by atoms with Crippen LogP contribution in [0.25, 0.3) is 21.8 Å². The summed E-state index contributed by atoms with van der Waals surface area (Å²) < 4.78 is 18.5. The van der Waals surface area contributed by atoms with Crippen molar-refractivity contribution in [1.82, 2.24) is 5.16 Å². The molecule has 106 valence electrons. The number of rotatable bonds is 3. The van der Waals surface area contributed by atoms with Crippen LogP contribution in [0.15, 0.2) is 40.9 Å². The van der Waals surface area contributed by atoms with Crippen molar-refractivity contribution in [1.29, 1.82) is 0 Å². The Morgan fingerprint density at radius 2 is 2.14 bits per heavy atom. The van der Waals surface area contributed by atoms with Crippen molar-refractivity contribution in [3.8, 4) is 21.8 Å². The first-order valence-electron chi connectivity index (χ1n) is 5.82. The highest BCUT2D eigenvalue weighted by molar-refractivity contribution is 7.18. The molecule has 0 amide bonds. The monoisotopic (exact) mass is 305 g/mol. The molecule has 0 saturated heterocycles. The normalized spacial score (nSPS) is 10.7. The van der Waals surface area contributed by atoms with Crippen LogP contribution in [0.3, 0.4) is 0 Å². The Balaban J connectivity index is 2.14. The summed E-state index contributed by atoms with van der Waals surface area (Å²) in [5.41, 5.74) is 6.69. The summed E-state index contributed by atoms with van der Waals surface area (Å²) >= 11 is 0.938. The number of anilines is 1. The largest absolute Gasteiger partial charge is 0.380 e. The first kappa shape index (κ1) is 13.3. The van der Waals surface area contributed by atoms with E-state index in [1.807, 2.05) is 0 Å². The van der Waals surface area contributed by atoms with Gasteiger partial charge in [-0.25, -0.2) is 4.39 Å². The zero-order valence-electron chi connectivity index (χ0n) is 10.4. The first-order chi connectivity index (χ1) is 10.1. The lowest BCUT2D eigenvalue weighted by Gasteiger charge is -2.01. The van der Waals surface area contributed by atoms with Crippen molar-refractivity contribution in [2.45, 2.75) is 0 Å². The fraction of sp³-hybridized carbons (Fsp3) is 0. The van der Waals surface area contributed by atoms with Gasteiger partial charge in [-0.1, -0.05) is 28.6 Å². The molecule has 0 aliphatic rings. The van der Waals surface area contributed by atoms with Gasteiger partial charge in [0.1, 0.15) is 5.82 Å². The number of nitrogen functional groups attached to an aromatic ring is 1. The van der Waals surface area contributed by atoms with Crippen molar-refractivity contribution < 1.29 is 13.8 Å². The molecule has 6 nitrogen and oxygen atoms in total. The van der Waals surface area contributed by atoms with E-state index in [1.54, 1.807) is 12.1 Å². The molecule has 0 saturated carbocycles. The van der Waals surface area contributed by atoms with Crippen LogP contribution in [0, 0.1) is 15.9 Å². The van der Waals surface area contributed by atoms with E-state index in [-0.39, 0.29) is 16.6 Å². The number of halogens is 1. The lowest BCUT2D eigenvalue weighted by molar-refractivity contribution is -0.380. The third-order valence-corrected chi connectivity index (χ3v) is 3.86. The Hall–Kier alpha value is -2.74. The Kier molecular flexibility index (Phi) is 3.15. The molecular formula is C13H8FN3O3S. The minimum absolute atomic E-state index is 0.0230. The fourth-order valence-electron chi connectivity index (χ4n) is 1.94. The maximum atomic E-state index is 13.4. The highest BCUT2D eigenvalue weighted by Gasteiger charge is 2.21. The molecule has 8 heteroatoms. The smallest absolute Gasteiger partial charge is 0.324 e. The van der Waals surface area contributed by atoms with E-state index in [2.05, 4.69) is 5.16 Å². The van der Waals surface area contributed by atoms with Crippen LogP contribution in [-0.4, -0.2) is 10.1 Å². The van der Waals surface area contributed by atoms with Gasteiger partial charge in [0.25, 0.3) is 0 Å². The standard InChI is InChI=1S/C13H8FN3O3S/c14-8-3-1-2-7(6-8)11-12(20-16-13(11)15)9-4-5-10(21-9)17(18)19/h1-6H,(H2,15,16). The predicted molar refractivity (Wildman–Crippen MR) is 76.3 cm³/mol. The van der Waals surface area contributed by atoms with Gasteiger partial charge in [0, 0.05) is 6.07 Å². The molecule has 1 aromatic carbocycles. The van der Waals surface area contributed by atoms with E-state index in [0.29, 0.717) is 16.0 Å². The van der Waals surface area contributed by atoms with Crippen molar-refractivity contribution >= 4 is 22.2 Å². The molecule has 3 rings (SSSR count). The van der Waals surface area contributed by atoms with Gasteiger partial charge >= 0.3 is 5.00 Å². The molecule has 2 N–H and O–H groups in total. The predicted octanol–water partition coefficient (Wildman–Crippen LogP) is 3.70. The molecule has 0 unspecified atom stereocenters. The average molecular weight is 305 g/mol. The van der Waals surface area contributed by atoms with Crippen molar-refractivity contribution in [2.24, 2.45) is 0 Å². The second-order valence-corrected chi connectivity index (χ2v) is 5.24. The number of hydrogen-bond donors (Lipinski definition) is 1. The number of thiophene rings is 1. The summed E-state index contributed by atoms with van der Waals surface area (Å²) in [4.78, 5) is 10.8. The number of nitrogens with zero attached hydrogens (tertiary/aromatic N) is 2. The second-order valence-electron chi connectivity index (χ2n) is 4.18. The van der Waals surface area contributed by atoms with Crippen LogP contribution >= 0.6 is 11.3 Å². The number of nitrogens with two attached hydrogens (primary N) is 1.